The summed E-state index contributed by atoms with van der Waals surface area (Å²) in [5, 5.41) is 3.18. The maximum Gasteiger partial charge on any atom is 0.220 e. The van der Waals surface area contributed by atoms with Gasteiger partial charge >= 0.3 is 0 Å². The number of carbonyl (C=O) groups excluding carboxylic acids is 1. The van der Waals surface area contributed by atoms with Crippen molar-refractivity contribution >= 4 is 17.5 Å². The van der Waals surface area contributed by atoms with Gasteiger partial charge in [0.25, 0.3) is 0 Å². The number of amides is 1. The van der Waals surface area contributed by atoms with Crippen molar-refractivity contribution in [1.82, 2.24) is 5.32 Å². The third-order valence-electron chi connectivity index (χ3n) is 1.98. The number of carbonyl (C=O) groups is 1. The highest BCUT2D eigenvalue weighted by Crippen LogP contribution is 2.04. The summed E-state index contributed by atoms with van der Waals surface area (Å²) in [5.74, 6) is 0.0725. The lowest BCUT2D eigenvalue weighted by Gasteiger charge is -2.03. The molecule has 0 aliphatic rings. The molecule has 0 aliphatic carbocycles. The molecule has 0 fully saturated rings. The van der Waals surface area contributed by atoms with Gasteiger partial charge in [-0.15, -0.1) is 0 Å². The van der Waals surface area contributed by atoms with Crippen molar-refractivity contribution in [3.8, 4) is 0 Å². The highest BCUT2D eigenvalue weighted by molar-refractivity contribution is 6.29. The highest BCUT2D eigenvalue weighted by atomic mass is 35.5. The second-order valence-corrected chi connectivity index (χ2v) is 3.99. The molecule has 0 heterocycles. The first-order chi connectivity index (χ1) is 6.66. The fraction of sp³-hybridized carbons (Fsp3) is 0.727. The largest absolute Gasteiger partial charge is 0.351 e. The number of hydrogen-bond donors (Lipinski definition) is 1. The Morgan fingerprint density at radius 3 is 2.50 bits per heavy atom. The number of unbranched alkanes of at least 4 members (excludes halogenated alkanes) is 4. The smallest absolute Gasteiger partial charge is 0.220 e. The maximum atomic E-state index is 11.2. The van der Waals surface area contributed by atoms with E-state index in [0.29, 0.717) is 18.0 Å². The van der Waals surface area contributed by atoms with Crippen molar-refractivity contribution in [2.24, 2.45) is 0 Å². The summed E-state index contributed by atoms with van der Waals surface area (Å²) >= 11 is 5.52. The van der Waals surface area contributed by atoms with Crippen LogP contribution >= 0.6 is 11.6 Å². The lowest BCUT2D eigenvalue weighted by atomic mass is 10.1. The average molecular weight is 218 g/mol. The van der Waals surface area contributed by atoms with E-state index in [9.17, 15) is 4.79 Å². The maximum absolute atomic E-state index is 11.2. The second kappa shape index (κ2) is 9.07. The fourth-order valence-corrected chi connectivity index (χ4v) is 1.24. The van der Waals surface area contributed by atoms with E-state index in [2.05, 4.69) is 18.8 Å². The predicted octanol–water partition coefficient (Wildman–Crippen LogP) is 3.22. The first-order valence-electron chi connectivity index (χ1n) is 5.26. The van der Waals surface area contributed by atoms with Crippen LogP contribution in [0.15, 0.2) is 11.6 Å². The van der Waals surface area contributed by atoms with Crippen LogP contribution < -0.4 is 5.32 Å². The molecule has 0 aromatic heterocycles. The lowest BCUT2D eigenvalue weighted by molar-refractivity contribution is -0.121. The Kier molecular flexibility index (Phi) is 8.75. The van der Waals surface area contributed by atoms with Gasteiger partial charge in [-0.2, -0.15) is 0 Å². The van der Waals surface area contributed by atoms with Crippen LogP contribution in [0.5, 0.6) is 0 Å². The molecular weight excluding hydrogens is 198 g/mol. The van der Waals surface area contributed by atoms with Crippen molar-refractivity contribution in [2.45, 2.75) is 45.4 Å². The molecule has 0 aliphatic heterocycles. The van der Waals surface area contributed by atoms with Crippen molar-refractivity contribution in [3.05, 3.63) is 11.6 Å². The number of nitrogens with one attached hydrogen (secondary N) is 1. The van der Waals surface area contributed by atoms with Gasteiger partial charge in [-0.25, -0.2) is 0 Å². The van der Waals surface area contributed by atoms with E-state index in [1.807, 2.05) is 0 Å². The highest BCUT2D eigenvalue weighted by Gasteiger charge is 2.00. The monoisotopic (exact) mass is 217 g/mol. The van der Waals surface area contributed by atoms with E-state index in [0.717, 1.165) is 12.8 Å². The number of halogens is 1. The molecule has 1 N–H and O–H groups in total. The molecule has 14 heavy (non-hydrogen) atoms. The summed E-state index contributed by atoms with van der Waals surface area (Å²) in [7, 11) is 0. The molecule has 0 rings (SSSR count). The molecule has 0 saturated heterocycles. The molecular formula is C11H20ClNO. The lowest BCUT2D eigenvalue weighted by Crippen LogP contribution is -2.23. The molecule has 0 aromatic carbocycles. The van der Waals surface area contributed by atoms with Gasteiger partial charge in [-0.05, 0) is 6.42 Å². The molecule has 82 valence electrons. The Hall–Kier alpha value is -0.500. The zero-order valence-corrected chi connectivity index (χ0v) is 9.70. The van der Waals surface area contributed by atoms with Crippen molar-refractivity contribution in [1.29, 1.82) is 0 Å². The molecule has 0 saturated carbocycles. The van der Waals surface area contributed by atoms with E-state index in [-0.39, 0.29) is 5.91 Å². The van der Waals surface area contributed by atoms with Crippen LogP contribution in [0.25, 0.3) is 0 Å². The number of rotatable bonds is 8. The SMILES string of the molecule is C=C(Cl)CNC(=O)CCCCCCC. The summed E-state index contributed by atoms with van der Waals surface area (Å²) in [6.45, 7) is 6.06. The van der Waals surface area contributed by atoms with Gasteiger partial charge in [0.1, 0.15) is 0 Å². The molecule has 1 amide bonds. The van der Waals surface area contributed by atoms with Gasteiger partial charge in [-0.1, -0.05) is 50.8 Å². The van der Waals surface area contributed by atoms with E-state index < -0.39 is 0 Å². The van der Waals surface area contributed by atoms with Crippen LogP contribution in [0.3, 0.4) is 0 Å². The molecule has 0 aromatic rings. The summed E-state index contributed by atoms with van der Waals surface area (Å²) in [6.07, 6.45) is 6.45. The minimum Gasteiger partial charge on any atom is -0.351 e. The van der Waals surface area contributed by atoms with Crippen LogP contribution in [0, 0.1) is 0 Å². The molecule has 0 atom stereocenters. The zero-order valence-electron chi connectivity index (χ0n) is 8.94. The van der Waals surface area contributed by atoms with E-state index in [4.69, 9.17) is 11.6 Å². The quantitative estimate of drug-likeness (QED) is 0.622. The molecule has 0 spiro atoms. The van der Waals surface area contributed by atoms with E-state index >= 15 is 0 Å². The van der Waals surface area contributed by atoms with Crippen LogP contribution in [0.4, 0.5) is 0 Å². The Morgan fingerprint density at radius 1 is 1.29 bits per heavy atom. The second-order valence-electron chi connectivity index (χ2n) is 3.46. The van der Waals surface area contributed by atoms with Gasteiger partial charge < -0.3 is 5.32 Å². The standard InChI is InChI=1S/C11H20ClNO/c1-3-4-5-6-7-8-11(14)13-9-10(2)12/h2-9H2,1H3,(H,13,14). The first-order valence-corrected chi connectivity index (χ1v) is 5.64. The third kappa shape index (κ3) is 9.59. The van der Waals surface area contributed by atoms with E-state index in [1.54, 1.807) is 0 Å². The Labute approximate surface area is 91.7 Å². The summed E-state index contributed by atoms with van der Waals surface area (Å²) in [6, 6.07) is 0. The normalized spacial score (nSPS) is 9.86. The Bertz CT molecular complexity index is 180. The molecule has 3 heteroatoms. The van der Waals surface area contributed by atoms with Gasteiger partial charge in [-0.3, -0.25) is 4.79 Å². The van der Waals surface area contributed by atoms with E-state index in [1.165, 1.54) is 19.3 Å². The van der Waals surface area contributed by atoms with Crippen molar-refractivity contribution in [3.63, 3.8) is 0 Å². The molecule has 2 nitrogen and oxygen atoms in total. The van der Waals surface area contributed by atoms with Crippen LogP contribution in [-0.4, -0.2) is 12.5 Å². The summed E-state index contributed by atoms with van der Waals surface area (Å²) in [5.41, 5.74) is 0. The van der Waals surface area contributed by atoms with Gasteiger partial charge in [0.05, 0.1) is 6.54 Å². The summed E-state index contributed by atoms with van der Waals surface area (Å²) in [4.78, 5) is 11.2. The Morgan fingerprint density at radius 2 is 1.93 bits per heavy atom. The summed E-state index contributed by atoms with van der Waals surface area (Å²) < 4.78 is 0. The molecule has 0 unspecified atom stereocenters. The minimum absolute atomic E-state index is 0.0725. The predicted molar refractivity (Wildman–Crippen MR) is 61.4 cm³/mol. The fourth-order valence-electron chi connectivity index (χ4n) is 1.17. The van der Waals surface area contributed by atoms with Gasteiger partial charge in [0.15, 0.2) is 0 Å². The van der Waals surface area contributed by atoms with Crippen molar-refractivity contribution < 1.29 is 4.79 Å². The van der Waals surface area contributed by atoms with Gasteiger partial charge in [0.2, 0.25) is 5.91 Å². The van der Waals surface area contributed by atoms with Gasteiger partial charge in [0, 0.05) is 11.5 Å². The first kappa shape index (κ1) is 13.5. The molecule has 0 bridgehead atoms. The average Bonchev–Trinajstić information content (AvgIpc) is 2.14. The van der Waals surface area contributed by atoms with Crippen LogP contribution in [-0.2, 0) is 4.79 Å². The third-order valence-corrected chi connectivity index (χ3v) is 2.12. The topological polar surface area (TPSA) is 29.1 Å². The number of hydrogen-bond acceptors (Lipinski definition) is 1. The molecule has 0 radical (unpaired) electrons. The zero-order chi connectivity index (χ0) is 10.8. The Balaban J connectivity index is 3.22. The minimum atomic E-state index is 0.0725. The van der Waals surface area contributed by atoms with Crippen LogP contribution in [0.2, 0.25) is 0 Å². The van der Waals surface area contributed by atoms with Crippen molar-refractivity contribution in [2.75, 3.05) is 6.54 Å². The van der Waals surface area contributed by atoms with Crippen LogP contribution in [0.1, 0.15) is 45.4 Å².